The summed E-state index contributed by atoms with van der Waals surface area (Å²) in [7, 11) is 2.03. The van der Waals surface area contributed by atoms with Crippen LogP contribution in [0.2, 0.25) is 0 Å². The smallest absolute Gasteiger partial charge is 0.332 e. The van der Waals surface area contributed by atoms with Gasteiger partial charge in [0.25, 0.3) is 0 Å². The summed E-state index contributed by atoms with van der Waals surface area (Å²) in [5.74, 6) is -1.15. The fourth-order valence-corrected chi connectivity index (χ4v) is 2.59. The van der Waals surface area contributed by atoms with Gasteiger partial charge in [0.15, 0.2) is 6.10 Å². The molecule has 0 aromatic carbocycles. The molecule has 1 unspecified atom stereocenters. The van der Waals surface area contributed by atoms with Crippen LogP contribution in [0.3, 0.4) is 0 Å². The molecule has 3 atom stereocenters. The van der Waals surface area contributed by atoms with Gasteiger partial charge in [-0.25, -0.2) is 4.79 Å². The molecule has 0 saturated carbocycles. The van der Waals surface area contributed by atoms with E-state index in [2.05, 4.69) is 10.2 Å². The number of carboxylic acid groups (broad SMARTS) is 1. The molecule has 2 aliphatic heterocycles. The van der Waals surface area contributed by atoms with Gasteiger partial charge in [0.1, 0.15) is 6.10 Å². The topological polar surface area (TPSA) is 78.9 Å². The van der Waals surface area contributed by atoms with Gasteiger partial charge < -0.3 is 20.1 Å². The van der Waals surface area contributed by atoms with Gasteiger partial charge in [-0.1, -0.05) is 0 Å². The molecular weight excluding hydrogens is 236 g/mol. The van der Waals surface area contributed by atoms with E-state index in [1.165, 1.54) is 0 Å². The molecule has 2 fully saturated rings. The Labute approximate surface area is 106 Å². The Balaban J connectivity index is 1.80. The third kappa shape index (κ3) is 3.20. The van der Waals surface area contributed by atoms with E-state index in [0.29, 0.717) is 12.8 Å². The molecule has 102 valence electrons. The molecule has 6 heteroatoms. The third-order valence-corrected chi connectivity index (χ3v) is 3.56. The minimum Gasteiger partial charge on any atom is -0.479 e. The Bertz CT molecular complexity index is 334. The number of piperidine rings is 1. The first-order chi connectivity index (χ1) is 8.56. The van der Waals surface area contributed by atoms with Crippen molar-refractivity contribution in [3.05, 3.63) is 0 Å². The number of hydrogen-bond acceptors (Lipinski definition) is 4. The highest BCUT2D eigenvalue weighted by atomic mass is 16.5. The van der Waals surface area contributed by atoms with Gasteiger partial charge >= 0.3 is 5.97 Å². The zero-order chi connectivity index (χ0) is 13.1. The molecule has 0 spiro atoms. The Morgan fingerprint density at radius 3 is 2.61 bits per heavy atom. The van der Waals surface area contributed by atoms with Crippen LogP contribution in [0, 0.1) is 0 Å². The molecule has 2 N–H and O–H groups in total. The van der Waals surface area contributed by atoms with Crippen LogP contribution in [-0.4, -0.2) is 60.3 Å². The molecule has 2 rings (SSSR count). The highest BCUT2D eigenvalue weighted by molar-refractivity contribution is 5.82. The minimum absolute atomic E-state index is 0.156. The van der Waals surface area contributed by atoms with E-state index >= 15 is 0 Å². The summed E-state index contributed by atoms with van der Waals surface area (Å²) in [5.41, 5.74) is 0. The number of ether oxygens (including phenoxy) is 1. The highest BCUT2D eigenvalue weighted by Crippen LogP contribution is 2.20. The lowest BCUT2D eigenvalue weighted by molar-refractivity contribution is -0.152. The molecule has 2 heterocycles. The van der Waals surface area contributed by atoms with Crippen molar-refractivity contribution in [2.24, 2.45) is 0 Å². The largest absolute Gasteiger partial charge is 0.479 e. The molecule has 2 aliphatic rings. The molecule has 0 bridgehead atoms. The summed E-state index contributed by atoms with van der Waals surface area (Å²) in [4.78, 5) is 24.9. The third-order valence-electron chi connectivity index (χ3n) is 3.56. The Kier molecular flexibility index (Phi) is 4.19. The molecule has 0 aromatic rings. The van der Waals surface area contributed by atoms with Crippen LogP contribution in [-0.2, 0) is 14.3 Å². The fourth-order valence-electron chi connectivity index (χ4n) is 2.59. The van der Waals surface area contributed by atoms with Gasteiger partial charge in [-0.3, -0.25) is 4.79 Å². The van der Waals surface area contributed by atoms with Crippen LogP contribution in [0.1, 0.15) is 25.7 Å². The summed E-state index contributed by atoms with van der Waals surface area (Å²) in [5, 5.41) is 11.8. The standard InChI is InChI=1S/C12H20N2O4/c1-14-6-2-3-8(7-14)13-11(15)9-4-5-10(18-9)12(16)17/h8-10H,2-7H2,1H3,(H,13,15)(H,16,17)/t8?,9-,10+/m0/s1. The molecular formula is C12H20N2O4. The lowest BCUT2D eigenvalue weighted by atomic mass is 10.1. The number of aliphatic carboxylic acids is 1. The van der Waals surface area contributed by atoms with E-state index in [0.717, 1.165) is 25.9 Å². The van der Waals surface area contributed by atoms with Gasteiger partial charge in [-0.15, -0.1) is 0 Å². The molecule has 18 heavy (non-hydrogen) atoms. The van der Waals surface area contributed by atoms with E-state index < -0.39 is 18.2 Å². The fraction of sp³-hybridized carbons (Fsp3) is 0.833. The van der Waals surface area contributed by atoms with Crippen molar-refractivity contribution in [3.63, 3.8) is 0 Å². The number of likely N-dealkylation sites (N-methyl/N-ethyl adjacent to an activating group) is 1. The minimum atomic E-state index is -0.984. The Morgan fingerprint density at radius 1 is 1.28 bits per heavy atom. The molecule has 6 nitrogen and oxygen atoms in total. The maximum Gasteiger partial charge on any atom is 0.332 e. The first kappa shape index (κ1) is 13.3. The molecule has 0 radical (unpaired) electrons. The highest BCUT2D eigenvalue weighted by Gasteiger charge is 2.35. The van der Waals surface area contributed by atoms with E-state index in [1.807, 2.05) is 7.05 Å². The second-order valence-corrected chi connectivity index (χ2v) is 5.14. The first-order valence-corrected chi connectivity index (χ1v) is 6.43. The van der Waals surface area contributed by atoms with Gasteiger partial charge in [0, 0.05) is 12.6 Å². The van der Waals surface area contributed by atoms with Crippen molar-refractivity contribution in [2.75, 3.05) is 20.1 Å². The monoisotopic (exact) mass is 256 g/mol. The maximum atomic E-state index is 11.9. The first-order valence-electron chi connectivity index (χ1n) is 6.43. The number of rotatable bonds is 3. The van der Waals surface area contributed by atoms with Crippen molar-refractivity contribution in [1.82, 2.24) is 10.2 Å². The Morgan fingerprint density at radius 2 is 2.00 bits per heavy atom. The number of nitrogens with zero attached hydrogens (tertiary/aromatic N) is 1. The van der Waals surface area contributed by atoms with Gasteiger partial charge in [0.05, 0.1) is 0 Å². The van der Waals surface area contributed by atoms with Crippen LogP contribution in [0.4, 0.5) is 0 Å². The number of amides is 1. The molecule has 0 aliphatic carbocycles. The van der Waals surface area contributed by atoms with Gasteiger partial charge in [-0.05, 0) is 39.3 Å². The number of likely N-dealkylation sites (tertiary alicyclic amines) is 1. The molecule has 0 aromatic heterocycles. The van der Waals surface area contributed by atoms with Crippen LogP contribution in [0.25, 0.3) is 0 Å². The molecule has 2 saturated heterocycles. The molecule has 1 amide bonds. The summed E-state index contributed by atoms with van der Waals surface area (Å²) >= 11 is 0. The maximum absolute atomic E-state index is 11.9. The average molecular weight is 256 g/mol. The lowest BCUT2D eigenvalue weighted by Gasteiger charge is -2.30. The summed E-state index contributed by atoms with van der Waals surface area (Å²) in [6, 6.07) is 0.156. The summed E-state index contributed by atoms with van der Waals surface area (Å²) < 4.78 is 5.23. The predicted molar refractivity (Wildman–Crippen MR) is 64.2 cm³/mol. The van der Waals surface area contributed by atoms with E-state index in [9.17, 15) is 9.59 Å². The van der Waals surface area contributed by atoms with Gasteiger partial charge in [0.2, 0.25) is 5.91 Å². The SMILES string of the molecule is CN1CCCC(NC(=O)[C@@H]2CC[C@H](C(=O)O)O2)C1. The predicted octanol–water partition coefficient (Wildman–Crippen LogP) is -0.171. The van der Waals surface area contributed by atoms with E-state index in [1.54, 1.807) is 0 Å². The number of carboxylic acids is 1. The quantitative estimate of drug-likeness (QED) is 0.733. The normalized spacial score (nSPS) is 33.3. The van der Waals surface area contributed by atoms with Crippen molar-refractivity contribution in [2.45, 2.75) is 43.9 Å². The zero-order valence-corrected chi connectivity index (χ0v) is 10.6. The van der Waals surface area contributed by atoms with E-state index in [4.69, 9.17) is 9.84 Å². The van der Waals surface area contributed by atoms with Gasteiger partial charge in [-0.2, -0.15) is 0 Å². The van der Waals surface area contributed by atoms with Crippen molar-refractivity contribution in [3.8, 4) is 0 Å². The van der Waals surface area contributed by atoms with Crippen LogP contribution in [0.15, 0.2) is 0 Å². The van der Waals surface area contributed by atoms with Crippen LogP contribution in [0.5, 0.6) is 0 Å². The van der Waals surface area contributed by atoms with Crippen molar-refractivity contribution in [1.29, 1.82) is 0 Å². The number of carbonyl (C=O) groups excluding carboxylic acids is 1. The summed E-state index contributed by atoms with van der Waals surface area (Å²) in [6.45, 7) is 1.91. The zero-order valence-electron chi connectivity index (χ0n) is 10.6. The Hall–Kier alpha value is -1.14. The number of hydrogen-bond donors (Lipinski definition) is 2. The van der Waals surface area contributed by atoms with Crippen LogP contribution < -0.4 is 5.32 Å². The van der Waals surface area contributed by atoms with Crippen molar-refractivity contribution >= 4 is 11.9 Å². The summed E-state index contributed by atoms with van der Waals surface area (Å²) in [6.07, 6.45) is 1.53. The van der Waals surface area contributed by atoms with Crippen LogP contribution >= 0.6 is 0 Å². The van der Waals surface area contributed by atoms with Crippen molar-refractivity contribution < 1.29 is 19.4 Å². The average Bonchev–Trinajstić information content (AvgIpc) is 2.78. The number of nitrogens with one attached hydrogen (secondary N) is 1. The lowest BCUT2D eigenvalue weighted by Crippen LogP contribution is -2.49. The van der Waals surface area contributed by atoms with E-state index in [-0.39, 0.29) is 11.9 Å². The second kappa shape index (κ2) is 5.67. The second-order valence-electron chi connectivity index (χ2n) is 5.14. The number of carbonyl (C=O) groups is 2.